The highest BCUT2D eigenvalue weighted by atomic mass is 32.2. The van der Waals surface area contributed by atoms with E-state index in [-0.39, 0.29) is 4.75 Å². The van der Waals surface area contributed by atoms with Gasteiger partial charge in [-0.25, -0.2) is 0 Å². The summed E-state index contributed by atoms with van der Waals surface area (Å²) >= 11 is 0. The van der Waals surface area contributed by atoms with Gasteiger partial charge in [-0.2, -0.15) is 0 Å². The lowest BCUT2D eigenvalue weighted by atomic mass is 10.3. The van der Waals surface area contributed by atoms with Crippen molar-refractivity contribution in [2.75, 3.05) is 12.3 Å². The van der Waals surface area contributed by atoms with E-state index >= 15 is 0 Å². The van der Waals surface area contributed by atoms with Gasteiger partial charge in [0, 0.05) is 32.8 Å². The Morgan fingerprint density at radius 3 is 2.50 bits per heavy atom. The number of hydrogen-bond acceptors (Lipinski definition) is 2. The lowest BCUT2D eigenvalue weighted by Gasteiger charge is -2.16. The molecule has 0 aromatic carbocycles. The first-order valence-electron chi connectivity index (χ1n) is 3.88. The molecule has 0 bridgehead atoms. The van der Waals surface area contributed by atoms with Crippen molar-refractivity contribution in [3.8, 4) is 0 Å². The number of azide groups is 1. The van der Waals surface area contributed by atoms with Crippen LogP contribution in [0.3, 0.4) is 0 Å². The molecule has 70 valence electrons. The van der Waals surface area contributed by atoms with Crippen molar-refractivity contribution in [3.63, 3.8) is 0 Å². The van der Waals surface area contributed by atoms with Gasteiger partial charge in [-0.05, 0) is 32.7 Å². The van der Waals surface area contributed by atoms with E-state index in [0.29, 0.717) is 18.7 Å². The van der Waals surface area contributed by atoms with Gasteiger partial charge in [0.1, 0.15) is 0 Å². The van der Waals surface area contributed by atoms with Crippen LogP contribution in [0.25, 0.3) is 10.4 Å². The fourth-order valence-corrected chi connectivity index (χ4v) is 1.62. The summed E-state index contributed by atoms with van der Waals surface area (Å²) < 4.78 is 11.2. The van der Waals surface area contributed by atoms with E-state index in [2.05, 4.69) is 10.0 Å². The largest absolute Gasteiger partial charge is 0.259 e. The number of hydrogen-bond donors (Lipinski definition) is 0. The van der Waals surface area contributed by atoms with Crippen molar-refractivity contribution in [3.05, 3.63) is 10.4 Å². The van der Waals surface area contributed by atoms with Crippen molar-refractivity contribution < 1.29 is 4.21 Å². The first kappa shape index (κ1) is 11.5. The zero-order valence-electron chi connectivity index (χ0n) is 7.78. The van der Waals surface area contributed by atoms with Crippen molar-refractivity contribution in [1.82, 2.24) is 0 Å². The molecule has 0 spiro atoms. The first-order chi connectivity index (χ1) is 5.48. The van der Waals surface area contributed by atoms with Gasteiger partial charge in [0.2, 0.25) is 0 Å². The molecule has 0 amide bonds. The van der Waals surface area contributed by atoms with E-state index in [1.807, 2.05) is 20.8 Å². The van der Waals surface area contributed by atoms with Gasteiger partial charge in [-0.1, -0.05) is 5.11 Å². The molecule has 4 nitrogen and oxygen atoms in total. The van der Waals surface area contributed by atoms with E-state index in [1.54, 1.807) is 0 Å². The second-order valence-corrected chi connectivity index (χ2v) is 5.79. The Labute approximate surface area is 75.4 Å². The van der Waals surface area contributed by atoms with Gasteiger partial charge in [-0.15, -0.1) is 0 Å². The van der Waals surface area contributed by atoms with Crippen LogP contribution in [0.2, 0.25) is 0 Å². The minimum Gasteiger partial charge on any atom is -0.259 e. The number of nitrogens with zero attached hydrogens (tertiary/aromatic N) is 3. The number of rotatable bonds is 4. The molecular formula is C7H15N3OS. The molecule has 0 rings (SSSR count). The monoisotopic (exact) mass is 189 g/mol. The van der Waals surface area contributed by atoms with E-state index < -0.39 is 10.8 Å². The van der Waals surface area contributed by atoms with Gasteiger partial charge in [-0.3, -0.25) is 4.21 Å². The topological polar surface area (TPSA) is 65.8 Å². The van der Waals surface area contributed by atoms with Gasteiger partial charge in [0.25, 0.3) is 0 Å². The average molecular weight is 189 g/mol. The van der Waals surface area contributed by atoms with Crippen LogP contribution in [0.1, 0.15) is 27.2 Å². The minimum atomic E-state index is -0.824. The maximum absolute atomic E-state index is 11.4. The maximum Gasteiger partial charge on any atom is 0.0375 e. The average Bonchev–Trinajstić information content (AvgIpc) is 1.96. The molecule has 0 aliphatic rings. The van der Waals surface area contributed by atoms with Crippen LogP contribution in [0.5, 0.6) is 0 Å². The van der Waals surface area contributed by atoms with Gasteiger partial charge in [0.05, 0.1) is 0 Å². The second kappa shape index (κ2) is 5.17. The van der Waals surface area contributed by atoms with Crippen LogP contribution in [-0.2, 0) is 10.8 Å². The molecule has 0 fully saturated rings. The Hall–Kier alpha value is -0.540. The molecule has 1 atom stereocenters. The third-order valence-electron chi connectivity index (χ3n) is 1.33. The zero-order chi connectivity index (χ0) is 9.61. The summed E-state index contributed by atoms with van der Waals surface area (Å²) in [5, 5.41) is 3.37. The quantitative estimate of drug-likeness (QED) is 0.289. The summed E-state index contributed by atoms with van der Waals surface area (Å²) in [6, 6.07) is 0. The van der Waals surface area contributed by atoms with Gasteiger partial charge >= 0.3 is 0 Å². The minimum absolute atomic E-state index is 0.156. The Morgan fingerprint density at radius 2 is 2.08 bits per heavy atom. The molecule has 12 heavy (non-hydrogen) atoms. The van der Waals surface area contributed by atoms with E-state index in [0.717, 1.165) is 0 Å². The normalized spacial score (nSPS) is 13.6. The van der Waals surface area contributed by atoms with Gasteiger partial charge in [0.15, 0.2) is 0 Å². The van der Waals surface area contributed by atoms with Gasteiger partial charge < -0.3 is 0 Å². The molecule has 0 radical (unpaired) electrons. The molecule has 0 saturated heterocycles. The molecule has 0 aromatic heterocycles. The molecule has 1 unspecified atom stereocenters. The van der Waals surface area contributed by atoms with E-state index in [9.17, 15) is 4.21 Å². The molecule has 0 aliphatic heterocycles. The van der Waals surface area contributed by atoms with Crippen LogP contribution in [-0.4, -0.2) is 21.3 Å². The Morgan fingerprint density at radius 1 is 1.50 bits per heavy atom. The van der Waals surface area contributed by atoms with Crippen LogP contribution >= 0.6 is 0 Å². The Kier molecular flexibility index (Phi) is 4.93. The SMILES string of the molecule is CC(C)(C)S(=O)CCCN=[N+]=[N-]. The maximum atomic E-state index is 11.4. The van der Waals surface area contributed by atoms with Crippen molar-refractivity contribution >= 4 is 10.8 Å². The van der Waals surface area contributed by atoms with Crippen LogP contribution in [0, 0.1) is 0 Å². The first-order valence-corrected chi connectivity index (χ1v) is 5.19. The highest BCUT2D eigenvalue weighted by molar-refractivity contribution is 7.86. The van der Waals surface area contributed by atoms with Crippen LogP contribution in [0.15, 0.2) is 5.11 Å². The molecule has 0 aromatic rings. The second-order valence-electron chi connectivity index (χ2n) is 3.47. The smallest absolute Gasteiger partial charge is 0.0375 e. The van der Waals surface area contributed by atoms with Crippen LogP contribution < -0.4 is 0 Å². The summed E-state index contributed by atoms with van der Waals surface area (Å²) in [5.41, 5.74) is 7.97. The predicted molar refractivity (Wildman–Crippen MR) is 51.4 cm³/mol. The highest BCUT2D eigenvalue weighted by Crippen LogP contribution is 2.11. The molecular weight excluding hydrogens is 174 g/mol. The van der Waals surface area contributed by atoms with Crippen molar-refractivity contribution in [2.45, 2.75) is 31.9 Å². The summed E-state index contributed by atoms with van der Waals surface area (Å²) in [5.74, 6) is 0.614. The summed E-state index contributed by atoms with van der Waals surface area (Å²) in [4.78, 5) is 2.62. The van der Waals surface area contributed by atoms with Crippen molar-refractivity contribution in [1.29, 1.82) is 0 Å². The summed E-state index contributed by atoms with van der Waals surface area (Å²) in [6.45, 7) is 6.27. The van der Waals surface area contributed by atoms with E-state index in [1.165, 1.54) is 0 Å². The predicted octanol–water partition coefficient (Wildman–Crippen LogP) is 2.23. The molecule has 5 heteroatoms. The molecule has 0 saturated carbocycles. The zero-order valence-corrected chi connectivity index (χ0v) is 8.60. The van der Waals surface area contributed by atoms with E-state index in [4.69, 9.17) is 5.53 Å². The Balaban J connectivity index is 3.65. The third kappa shape index (κ3) is 5.16. The standard InChI is InChI=1S/C7H15N3OS/c1-7(2,3)12(11)6-4-5-9-10-8/h4-6H2,1-3H3. The molecule has 0 heterocycles. The highest BCUT2D eigenvalue weighted by Gasteiger charge is 2.17. The fraction of sp³-hybridized carbons (Fsp3) is 1.00. The summed E-state index contributed by atoms with van der Waals surface area (Å²) in [7, 11) is -0.824. The third-order valence-corrected chi connectivity index (χ3v) is 3.36. The Bertz CT molecular complexity index is 203. The van der Waals surface area contributed by atoms with Crippen LogP contribution in [0.4, 0.5) is 0 Å². The lowest BCUT2D eigenvalue weighted by molar-refractivity contribution is 0.646. The summed E-state index contributed by atoms with van der Waals surface area (Å²) in [6.07, 6.45) is 0.702. The lowest BCUT2D eigenvalue weighted by Crippen LogP contribution is -2.24. The molecule has 0 aliphatic carbocycles. The molecule has 0 N–H and O–H groups in total. The van der Waals surface area contributed by atoms with Crippen molar-refractivity contribution in [2.24, 2.45) is 5.11 Å². The fourth-order valence-electron chi connectivity index (χ4n) is 0.617.